The van der Waals surface area contributed by atoms with Gasteiger partial charge in [-0.25, -0.2) is 0 Å². The Hall–Kier alpha value is -2.77. The van der Waals surface area contributed by atoms with Crippen molar-refractivity contribution in [1.82, 2.24) is 0 Å². The van der Waals surface area contributed by atoms with Crippen molar-refractivity contribution in [3.63, 3.8) is 0 Å². The van der Waals surface area contributed by atoms with E-state index in [1.54, 1.807) is 0 Å². The zero-order valence-corrected chi connectivity index (χ0v) is 15.2. The van der Waals surface area contributed by atoms with E-state index in [1.165, 1.54) is 33.2 Å². The predicted octanol–water partition coefficient (Wildman–Crippen LogP) is 7.16. The van der Waals surface area contributed by atoms with Gasteiger partial charge >= 0.3 is 0 Å². The van der Waals surface area contributed by atoms with Crippen molar-refractivity contribution >= 4 is 34.0 Å². The molecule has 0 bridgehead atoms. The summed E-state index contributed by atoms with van der Waals surface area (Å²) in [6, 6.07) is 20.8. The van der Waals surface area contributed by atoms with Gasteiger partial charge in [0.05, 0.1) is 6.26 Å². The summed E-state index contributed by atoms with van der Waals surface area (Å²) in [5, 5.41) is 3.08. The molecule has 26 heavy (non-hydrogen) atoms. The number of halogens is 1. The normalized spacial score (nSPS) is 13.1. The monoisotopic (exact) mass is 356 g/mol. The maximum Gasteiger partial charge on any atom is 0.138 e. The fraction of sp³-hybridized carbons (Fsp3) is 0.0833. The summed E-state index contributed by atoms with van der Waals surface area (Å²) >= 11 is 6.24. The van der Waals surface area contributed by atoms with Crippen molar-refractivity contribution in [2.45, 2.75) is 13.3 Å². The molecule has 0 spiro atoms. The van der Waals surface area contributed by atoms with E-state index in [2.05, 4.69) is 49.4 Å². The zero-order valence-electron chi connectivity index (χ0n) is 14.4. The van der Waals surface area contributed by atoms with Gasteiger partial charge in [-0.05, 0) is 52.9 Å². The molecule has 0 saturated carbocycles. The lowest BCUT2D eigenvalue weighted by Crippen LogP contribution is -1.91. The molecule has 2 heteroatoms. The zero-order chi connectivity index (χ0) is 17.7. The van der Waals surface area contributed by atoms with Crippen molar-refractivity contribution in [2.75, 3.05) is 0 Å². The van der Waals surface area contributed by atoms with E-state index in [1.807, 2.05) is 30.5 Å². The van der Waals surface area contributed by atoms with Gasteiger partial charge in [-0.3, -0.25) is 0 Å². The topological polar surface area (TPSA) is 13.1 Å². The van der Waals surface area contributed by atoms with Gasteiger partial charge in [-0.15, -0.1) is 0 Å². The maximum atomic E-state index is 6.24. The molecule has 0 atom stereocenters. The second-order valence-corrected chi connectivity index (χ2v) is 7.28. The molecule has 1 aliphatic carbocycles. The van der Waals surface area contributed by atoms with E-state index in [-0.39, 0.29) is 0 Å². The molecule has 0 aliphatic heterocycles. The Kier molecular flexibility index (Phi) is 3.51. The van der Waals surface area contributed by atoms with Crippen LogP contribution in [0.1, 0.15) is 22.5 Å². The highest BCUT2D eigenvalue weighted by atomic mass is 35.5. The summed E-state index contributed by atoms with van der Waals surface area (Å²) in [5.41, 5.74) is 7.52. The van der Waals surface area contributed by atoms with Crippen LogP contribution in [0.3, 0.4) is 0 Å². The van der Waals surface area contributed by atoms with Gasteiger partial charge < -0.3 is 4.42 Å². The van der Waals surface area contributed by atoms with Crippen LogP contribution >= 0.6 is 11.6 Å². The van der Waals surface area contributed by atoms with Gasteiger partial charge in [0.15, 0.2) is 0 Å². The summed E-state index contributed by atoms with van der Waals surface area (Å²) in [7, 11) is 0. The lowest BCUT2D eigenvalue weighted by atomic mass is 9.93. The van der Waals surface area contributed by atoms with E-state index in [9.17, 15) is 0 Å². The number of furan rings is 1. The molecule has 1 heterocycles. The molecule has 4 aromatic rings. The molecule has 3 aromatic carbocycles. The third-order valence-corrected chi connectivity index (χ3v) is 5.39. The molecule has 0 radical (unpaired) electrons. The molecule has 1 aromatic heterocycles. The van der Waals surface area contributed by atoms with Crippen molar-refractivity contribution in [2.24, 2.45) is 0 Å². The predicted molar refractivity (Wildman–Crippen MR) is 109 cm³/mol. The van der Waals surface area contributed by atoms with Crippen LogP contribution in [0, 0.1) is 6.92 Å². The van der Waals surface area contributed by atoms with Crippen LogP contribution in [-0.4, -0.2) is 0 Å². The summed E-state index contributed by atoms with van der Waals surface area (Å²) in [6.07, 6.45) is 5.02. The number of hydrogen-bond donors (Lipinski definition) is 0. The molecule has 0 N–H and O–H groups in total. The number of allylic oxidation sites excluding steroid dienone is 1. The van der Waals surface area contributed by atoms with Gasteiger partial charge in [0.25, 0.3) is 0 Å². The SMILES string of the molecule is Cc1ccc2c(c1-c1cccc(Cl)c1)C=C(c1occ3ccccc13)C2. The Balaban J connectivity index is 1.69. The Bertz CT molecular complexity index is 1180. The van der Waals surface area contributed by atoms with Gasteiger partial charge in [-0.2, -0.15) is 0 Å². The van der Waals surface area contributed by atoms with Crippen LogP contribution in [0.5, 0.6) is 0 Å². The van der Waals surface area contributed by atoms with Gasteiger partial charge in [0.2, 0.25) is 0 Å². The molecule has 1 nitrogen and oxygen atoms in total. The second kappa shape index (κ2) is 5.89. The minimum Gasteiger partial charge on any atom is -0.463 e. The van der Waals surface area contributed by atoms with Crippen LogP contribution in [0.4, 0.5) is 0 Å². The Morgan fingerprint density at radius 1 is 0.962 bits per heavy atom. The molecule has 5 rings (SSSR count). The van der Waals surface area contributed by atoms with Gasteiger partial charge in [-0.1, -0.05) is 60.1 Å². The minimum atomic E-state index is 0.763. The highest BCUT2D eigenvalue weighted by molar-refractivity contribution is 6.30. The maximum absolute atomic E-state index is 6.24. The van der Waals surface area contributed by atoms with Crippen LogP contribution in [0.15, 0.2) is 71.3 Å². The molecule has 126 valence electrons. The largest absolute Gasteiger partial charge is 0.463 e. The standard InChI is InChI=1S/C24H17ClO/c1-15-9-10-16-11-19(24-21-8-3-2-5-18(21)14-26-24)13-22(16)23(15)17-6-4-7-20(25)12-17/h2-10,12-14H,11H2,1H3. The molecule has 0 unspecified atom stereocenters. The Morgan fingerprint density at radius 2 is 1.85 bits per heavy atom. The summed E-state index contributed by atoms with van der Waals surface area (Å²) < 4.78 is 5.94. The fourth-order valence-electron chi connectivity index (χ4n) is 3.94. The first-order valence-corrected chi connectivity index (χ1v) is 9.14. The lowest BCUT2D eigenvalue weighted by Gasteiger charge is -2.12. The van der Waals surface area contributed by atoms with Crippen molar-refractivity contribution in [3.05, 3.63) is 94.4 Å². The number of fused-ring (bicyclic) bond motifs is 2. The van der Waals surface area contributed by atoms with Crippen molar-refractivity contribution in [3.8, 4) is 11.1 Å². The van der Waals surface area contributed by atoms with Crippen LogP contribution < -0.4 is 0 Å². The van der Waals surface area contributed by atoms with Crippen molar-refractivity contribution in [1.29, 1.82) is 0 Å². The molecule has 0 saturated heterocycles. The minimum absolute atomic E-state index is 0.763. The first-order valence-electron chi connectivity index (χ1n) is 8.76. The van der Waals surface area contributed by atoms with E-state index in [0.717, 1.165) is 28.2 Å². The van der Waals surface area contributed by atoms with Gasteiger partial charge in [0, 0.05) is 27.8 Å². The van der Waals surface area contributed by atoms with Gasteiger partial charge in [0.1, 0.15) is 5.76 Å². The first kappa shape index (κ1) is 15.5. The lowest BCUT2D eigenvalue weighted by molar-refractivity contribution is 0.557. The summed E-state index contributed by atoms with van der Waals surface area (Å²) in [5.74, 6) is 0.978. The van der Waals surface area contributed by atoms with Crippen LogP contribution in [0.25, 0.3) is 33.5 Å². The number of hydrogen-bond acceptors (Lipinski definition) is 1. The van der Waals surface area contributed by atoms with E-state index < -0.39 is 0 Å². The smallest absolute Gasteiger partial charge is 0.138 e. The van der Waals surface area contributed by atoms with E-state index in [4.69, 9.17) is 16.0 Å². The average Bonchev–Trinajstić information content (AvgIpc) is 3.25. The molecule has 1 aliphatic rings. The van der Waals surface area contributed by atoms with E-state index >= 15 is 0 Å². The molecular weight excluding hydrogens is 340 g/mol. The highest BCUT2D eigenvalue weighted by Crippen LogP contribution is 2.41. The summed E-state index contributed by atoms with van der Waals surface area (Å²) in [6.45, 7) is 2.16. The first-order chi connectivity index (χ1) is 12.7. The highest BCUT2D eigenvalue weighted by Gasteiger charge is 2.22. The third kappa shape index (κ3) is 2.40. The summed E-state index contributed by atoms with van der Waals surface area (Å²) in [4.78, 5) is 0. The number of benzene rings is 3. The van der Waals surface area contributed by atoms with Crippen LogP contribution in [-0.2, 0) is 6.42 Å². The second-order valence-electron chi connectivity index (χ2n) is 6.84. The third-order valence-electron chi connectivity index (χ3n) is 5.16. The van der Waals surface area contributed by atoms with E-state index in [0.29, 0.717) is 0 Å². The number of rotatable bonds is 2. The van der Waals surface area contributed by atoms with Crippen molar-refractivity contribution < 1.29 is 4.42 Å². The Morgan fingerprint density at radius 3 is 2.73 bits per heavy atom. The Labute approximate surface area is 157 Å². The number of aryl methyl sites for hydroxylation is 1. The quantitative estimate of drug-likeness (QED) is 0.371. The fourth-order valence-corrected chi connectivity index (χ4v) is 4.13. The molecule has 0 amide bonds. The molecule has 0 fully saturated rings. The molecular formula is C24H17ClO. The average molecular weight is 357 g/mol. The van der Waals surface area contributed by atoms with Crippen LogP contribution in [0.2, 0.25) is 5.02 Å².